The van der Waals surface area contributed by atoms with Gasteiger partial charge in [0.05, 0.1) is 22.5 Å². The lowest BCUT2D eigenvalue weighted by Gasteiger charge is -2.08. The molecule has 0 saturated carbocycles. The van der Waals surface area contributed by atoms with Gasteiger partial charge in [0, 0.05) is 5.92 Å². The standard InChI is InChI=1S/C14H14ClFN2O/c1-8(2)14(19)10-7-17-18(9(10)3)12-6-4-5-11(15)13(12)16/h4-8H,1-3H3. The number of hydrogen-bond acceptors (Lipinski definition) is 2. The maximum atomic E-state index is 14.0. The molecular weight excluding hydrogens is 267 g/mol. The van der Waals surface area contributed by atoms with Crippen LogP contribution in [0.4, 0.5) is 4.39 Å². The number of halogens is 2. The van der Waals surface area contributed by atoms with Gasteiger partial charge in [-0.2, -0.15) is 5.10 Å². The van der Waals surface area contributed by atoms with Crippen LogP contribution in [0.1, 0.15) is 29.9 Å². The van der Waals surface area contributed by atoms with Crippen molar-refractivity contribution in [3.8, 4) is 5.69 Å². The van der Waals surface area contributed by atoms with Crippen molar-refractivity contribution in [1.29, 1.82) is 0 Å². The summed E-state index contributed by atoms with van der Waals surface area (Å²) in [5.74, 6) is -0.675. The van der Waals surface area contributed by atoms with Crippen molar-refractivity contribution in [2.75, 3.05) is 0 Å². The van der Waals surface area contributed by atoms with Crippen LogP contribution in [0.25, 0.3) is 5.69 Å². The predicted molar refractivity (Wildman–Crippen MR) is 72.4 cm³/mol. The molecular formula is C14H14ClFN2O. The maximum Gasteiger partial charge on any atom is 0.168 e. The molecule has 0 N–H and O–H groups in total. The minimum Gasteiger partial charge on any atom is -0.294 e. The molecule has 0 fully saturated rings. The molecule has 0 spiro atoms. The van der Waals surface area contributed by atoms with Crippen LogP contribution in [0, 0.1) is 18.7 Å². The van der Waals surface area contributed by atoms with Crippen molar-refractivity contribution in [2.24, 2.45) is 5.92 Å². The fourth-order valence-electron chi connectivity index (χ4n) is 1.86. The van der Waals surface area contributed by atoms with Gasteiger partial charge in [0.15, 0.2) is 11.6 Å². The second-order valence-corrected chi connectivity index (χ2v) is 5.05. The Morgan fingerprint density at radius 1 is 1.42 bits per heavy atom. The van der Waals surface area contributed by atoms with Crippen molar-refractivity contribution in [1.82, 2.24) is 9.78 Å². The van der Waals surface area contributed by atoms with Gasteiger partial charge in [-0.3, -0.25) is 4.79 Å². The first kappa shape index (κ1) is 13.7. The Labute approximate surface area is 116 Å². The van der Waals surface area contributed by atoms with E-state index in [1.807, 2.05) is 13.8 Å². The fraction of sp³-hybridized carbons (Fsp3) is 0.286. The molecule has 3 nitrogen and oxygen atoms in total. The lowest BCUT2D eigenvalue weighted by atomic mass is 10.0. The highest BCUT2D eigenvalue weighted by molar-refractivity contribution is 6.30. The molecule has 1 heterocycles. The summed E-state index contributed by atoms with van der Waals surface area (Å²) in [5, 5.41) is 4.12. The second-order valence-electron chi connectivity index (χ2n) is 4.65. The lowest BCUT2D eigenvalue weighted by molar-refractivity contribution is 0.0938. The quantitative estimate of drug-likeness (QED) is 0.801. The van der Waals surface area contributed by atoms with Crippen LogP contribution >= 0.6 is 11.6 Å². The first-order valence-electron chi connectivity index (χ1n) is 5.96. The van der Waals surface area contributed by atoms with Crippen LogP contribution in [0.3, 0.4) is 0 Å². The van der Waals surface area contributed by atoms with E-state index in [1.54, 1.807) is 19.1 Å². The largest absolute Gasteiger partial charge is 0.294 e. The summed E-state index contributed by atoms with van der Waals surface area (Å²) in [7, 11) is 0. The molecule has 1 aromatic carbocycles. The molecule has 0 bridgehead atoms. The average molecular weight is 281 g/mol. The molecule has 0 unspecified atom stereocenters. The summed E-state index contributed by atoms with van der Waals surface area (Å²) >= 11 is 5.75. The number of ketones is 1. The van der Waals surface area contributed by atoms with Gasteiger partial charge in [-0.15, -0.1) is 0 Å². The molecule has 2 rings (SSSR count). The molecule has 0 aliphatic heterocycles. The minimum absolute atomic E-state index is 0.00816. The monoisotopic (exact) mass is 280 g/mol. The number of hydrogen-bond donors (Lipinski definition) is 0. The molecule has 0 saturated heterocycles. The Bertz CT molecular complexity index is 634. The molecule has 0 aliphatic carbocycles. The Morgan fingerprint density at radius 2 is 2.11 bits per heavy atom. The van der Waals surface area contributed by atoms with Crippen LogP contribution in [0.5, 0.6) is 0 Å². The van der Waals surface area contributed by atoms with E-state index in [2.05, 4.69) is 5.10 Å². The van der Waals surface area contributed by atoms with E-state index in [-0.39, 0.29) is 22.4 Å². The summed E-state index contributed by atoms with van der Waals surface area (Å²) in [5.41, 5.74) is 1.36. The van der Waals surface area contributed by atoms with Gasteiger partial charge in [-0.25, -0.2) is 9.07 Å². The first-order chi connectivity index (χ1) is 8.93. The zero-order valence-electron chi connectivity index (χ0n) is 10.9. The average Bonchev–Trinajstić information content (AvgIpc) is 2.73. The summed E-state index contributed by atoms with van der Waals surface area (Å²) in [6, 6.07) is 4.69. The molecule has 19 heavy (non-hydrogen) atoms. The van der Waals surface area contributed by atoms with Crippen LogP contribution < -0.4 is 0 Å². The number of aromatic nitrogens is 2. The first-order valence-corrected chi connectivity index (χ1v) is 6.34. The topological polar surface area (TPSA) is 34.9 Å². The van der Waals surface area contributed by atoms with Crippen molar-refractivity contribution in [3.05, 3.63) is 46.5 Å². The number of Topliss-reactive ketones (excluding diaryl/α,β-unsaturated/α-hetero) is 1. The van der Waals surface area contributed by atoms with Crippen LogP contribution in [0.15, 0.2) is 24.4 Å². The van der Waals surface area contributed by atoms with Crippen molar-refractivity contribution >= 4 is 17.4 Å². The zero-order chi connectivity index (χ0) is 14.2. The summed E-state index contributed by atoms with van der Waals surface area (Å²) in [6.45, 7) is 5.38. The fourth-order valence-corrected chi connectivity index (χ4v) is 2.03. The van der Waals surface area contributed by atoms with Gasteiger partial charge in [0.1, 0.15) is 5.69 Å². The van der Waals surface area contributed by atoms with Crippen molar-refractivity contribution < 1.29 is 9.18 Å². The van der Waals surface area contributed by atoms with Crippen LogP contribution in [-0.2, 0) is 0 Å². The Kier molecular flexibility index (Phi) is 3.71. The van der Waals surface area contributed by atoms with E-state index in [9.17, 15) is 9.18 Å². The van der Waals surface area contributed by atoms with E-state index in [1.165, 1.54) is 16.9 Å². The molecule has 1 aromatic heterocycles. The van der Waals surface area contributed by atoms with E-state index in [0.717, 1.165) is 0 Å². The molecule has 0 radical (unpaired) electrons. The highest BCUT2D eigenvalue weighted by Crippen LogP contribution is 2.23. The Hall–Kier alpha value is -1.68. The highest BCUT2D eigenvalue weighted by atomic mass is 35.5. The smallest absolute Gasteiger partial charge is 0.168 e. The molecule has 0 amide bonds. The van der Waals surface area contributed by atoms with Crippen molar-refractivity contribution in [3.63, 3.8) is 0 Å². The molecule has 0 aliphatic rings. The van der Waals surface area contributed by atoms with Gasteiger partial charge in [0.2, 0.25) is 0 Å². The third kappa shape index (κ3) is 2.40. The van der Waals surface area contributed by atoms with E-state index < -0.39 is 5.82 Å². The van der Waals surface area contributed by atoms with E-state index >= 15 is 0 Å². The minimum atomic E-state index is -0.543. The second kappa shape index (κ2) is 5.13. The normalized spacial score (nSPS) is 11.1. The number of carbonyl (C=O) groups is 1. The van der Waals surface area contributed by atoms with Crippen LogP contribution in [0.2, 0.25) is 5.02 Å². The lowest BCUT2D eigenvalue weighted by Crippen LogP contribution is -2.09. The number of carbonyl (C=O) groups excluding carboxylic acids is 1. The Balaban J connectivity index is 2.54. The maximum absolute atomic E-state index is 14.0. The number of benzene rings is 1. The predicted octanol–water partition coefficient (Wildman–Crippen LogP) is 3.81. The van der Waals surface area contributed by atoms with Crippen molar-refractivity contribution in [2.45, 2.75) is 20.8 Å². The van der Waals surface area contributed by atoms with Crippen LogP contribution in [-0.4, -0.2) is 15.6 Å². The summed E-state index contributed by atoms with van der Waals surface area (Å²) in [6.07, 6.45) is 1.47. The van der Waals surface area contributed by atoms with Gasteiger partial charge >= 0.3 is 0 Å². The third-order valence-corrected chi connectivity index (χ3v) is 3.25. The van der Waals surface area contributed by atoms with Gasteiger partial charge in [-0.1, -0.05) is 31.5 Å². The van der Waals surface area contributed by atoms with E-state index in [0.29, 0.717) is 11.3 Å². The summed E-state index contributed by atoms with van der Waals surface area (Å²) in [4.78, 5) is 12.0. The SMILES string of the molecule is Cc1c(C(=O)C(C)C)cnn1-c1cccc(Cl)c1F. The molecule has 2 aromatic rings. The molecule has 100 valence electrons. The van der Waals surface area contributed by atoms with Gasteiger partial charge < -0.3 is 0 Å². The Morgan fingerprint density at radius 3 is 2.74 bits per heavy atom. The van der Waals surface area contributed by atoms with E-state index in [4.69, 9.17) is 11.6 Å². The number of nitrogens with zero attached hydrogens (tertiary/aromatic N) is 2. The zero-order valence-corrected chi connectivity index (χ0v) is 11.7. The van der Waals surface area contributed by atoms with Gasteiger partial charge in [-0.05, 0) is 19.1 Å². The number of rotatable bonds is 3. The van der Waals surface area contributed by atoms with Gasteiger partial charge in [0.25, 0.3) is 0 Å². The molecule has 5 heteroatoms. The summed E-state index contributed by atoms with van der Waals surface area (Å²) < 4.78 is 15.4. The molecule has 0 atom stereocenters. The third-order valence-electron chi connectivity index (χ3n) is 2.96. The highest BCUT2D eigenvalue weighted by Gasteiger charge is 2.19.